The zero-order valence-electron chi connectivity index (χ0n) is 15.4. The van der Waals surface area contributed by atoms with Gasteiger partial charge in [-0.05, 0) is 25.7 Å². The van der Waals surface area contributed by atoms with Crippen LogP contribution in [-0.4, -0.2) is 73.4 Å². The van der Waals surface area contributed by atoms with Gasteiger partial charge in [0.1, 0.15) is 12.2 Å². The van der Waals surface area contributed by atoms with Crippen LogP contribution in [-0.2, 0) is 38.0 Å². The molecule has 4 aliphatic rings. The van der Waals surface area contributed by atoms with E-state index in [-0.39, 0.29) is 6.42 Å². The van der Waals surface area contributed by atoms with E-state index in [1.54, 1.807) is 0 Å². The number of fused-ring (bicyclic) bond motifs is 2. The molecule has 4 fully saturated rings. The molecule has 0 bridgehead atoms. The number of hydrogen-bond donors (Lipinski definition) is 1. The molecular weight excluding hydrogens is 360 g/mol. The Morgan fingerprint density at radius 3 is 2.19 bits per heavy atom. The Hall–Kier alpha value is -1.10. The number of aldehydes is 1. The Labute approximate surface area is 157 Å². The highest BCUT2D eigenvalue weighted by Gasteiger charge is 2.67. The second-order valence-electron chi connectivity index (χ2n) is 7.55. The molecule has 0 aromatic rings. The third kappa shape index (κ3) is 3.01. The number of hydrogen-bond acceptors (Lipinski definition) is 9. The van der Waals surface area contributed by atoms with Crippen molar-refractivity contribution in [2.45, 2.75) is 80.6 Å². The second kappa shape index (κ2) is 7.06. The second-order valence-corrected chi connectivity index (χ2v) is 7.55. The van der Waals surface area contributed by atoms with Gasteiger partial charge in [-0.25, -0.2) is 4.79 Å². The van der Waals surface area contributed by atoms with Crippen molar-refractivity contribution >= 4 is 12.3 Å². The molecule has 0 radical (unpaired) electrons. The standard InChI is InChI=1S/C18H26O9/c1-22-15(20)16(21)10-12-14(13(11-19)25-16)27-18(7-3-5-9-24-18)17(26-12)6-2-4-8-23-17/h11-14,21H,2-10H2,1H3/t12-,13-,14+,16-,17+,18+/m1/s1. The third-order valence-electron chi connectivity index (χ3n) is 5.86. The van der Waals surface area contributed by atoms with Crippen molar-refractivity contribution in [3.05, 3.63) is 0 Å². The highest BCUT2D eigenvalue weighted by Crippen LogP contribution is 2.52. The molecule has 0 amide bonds. The van der Waals surface area contributed by atoms with Crippen LogP contribution in [0.1, 0.15) is 44.9 Å². The molecule has 0 saturated carbocycles. The summed E-state index contributed by atoms with van der Waals surface area (Å²) in [4.78, 5) is 23.7. The van der Waals surface area contributed by atoms with E-state index in [1.807, 2.05) is 0 Å². The lowest BCUT2D eigenvalue weighted by Crippen LogP contribution is -2.74. The van der Waals surface area contributed by atoms with E-state index in [1.165, 1.54) is 0 Å². The minimum atomic E-state index is -2.28. The summed E-state index contributed by atoms with van der Waals surface area (Å²) in [5.74, 6) is -5.52. The molecule has 4 aliphatic heterocycles. The fraction of sp³-hybridized carbons (Fsp3) is 0.889. The first-order valence-corrected chi connectivity index (χ1v) is 9.55. The maximum absolute atomic E-state index is 12.0. The van der Waals surface area contributed by atoms with Gasteiger partial charge in [0.2, 0.25) is 11.6 Å². The molecule has 0 aromatic carbocycles. The minimum absolute atomic E-state index is 0.226. The molecule has 4 heterocycles. The highest BCUT2D eigenvalue weighted by atomic mass is 16.8. The average molecular weight is 386 g/mol. The first-order valence-electron chi connectivity index (χ1n) is 9.55. The molecule has 27 heavy (non-hydrogen) atoms. The molecule has 1 N–H and O–H groups in total. The van der Waals surface area contributed by atoms with Gasteiger partial charge >= 0.3 is 5.97 Å². The Morgan fingerprint density at radius 2 is 1.67 bits per heavy atom. The van der Waals surface area contributed by atoms with E-state index in [9.17, 15) is 14.7 Å². The summed E-state index contributed by atoms with van der Waals surface area (Å²) in [6, 6.07) is 0. The number of carbonyl (C=O) groups is 2. The fourth-order valence-corrected chi connectivity index (χ4v) is 4.56. The van der Waals surface area contributed by atoms with Gasteiger partial charge in [0.15, 0.2) is 6.29 Å². The lowest BCUT2D eigenvalue weighted by molar-refractivity contribution is -0.497. The summed E-state index contributed by atoms with van der Waals surface area (Å²) < 4.78 is 34.8. The maximum atomic E-state index is 12.0. The normalized spacial score (nSPS) is 47.4. The number of ether oxygens (including phenoxy) is 6. The van der Waals surface area contributed by atoms with Gasteiger partial charge in [-0.1, -0.05) is 0 Å². The third-order valence-corrected chi connectivity index (χ3v) is 5.86. The SMILES string of the molecule is COC(=O)[C@@]1(O)C[C@H]2O[C@@]3(CCCCO3)[C@]3(CCCCO3)O[C@@H]2[C@@H](C=O)O1. The molecule has 2 spiro atoms. The lowest BCUT2D eigenvalue weighted by Gasteiger charge is -2.60. The van der Waals surface area contributed by atoms with Crippen molar-refractivity contribution in [3.63, 3.8) is 0 Å². The number of esters is 1. The van der Waals surface area contributed by atoms with Crippen LogP contribution in [0.25, 0.3) is 0 Å². The molecule has 152 valence electrons. The van der Waals surface area contributed by atoms with Crippen LogP contribution in [0.3, 0.4) is 0 Å². The summed E-state index contributed by atoms with van der Waals surface area (Å²) in [5, 5.41) is 10.6. The molecule has 4 rings (SSSR count). The largest absolute Gasteiger partial charge is 0.465 e. The fourth-order valence-electron chi connectivity index (χ4n) is 4.56. The number of carbonyl (C=O) groups excluding carboxylic acids is 2. The summed E-state index contributed by atoms with van der Waals surface area (Å²) in [6.07, 6.45) is 2.19. The van der Waals surface area contributed by atoms with E-state index < -0.39 is 41.6 Å². The molecule has 9 nitrogen and oxygen atoms in total. The predicted molar refractivity (Wildman–Crippen MR) is 87.3 cm³/mol. The van der Waals surface area contributed by atoms with Crippen LogP contribution in [0.2, 0.25) is 0 Å². The summed E-state index contributed by atoms with van der Waals surface area (Å²) in [6.45, 7) is 1.01. The number of methoxy groups -OCH3 is 1. The molecule has 0 unspecified atom stereocenters. The maximum Gasteiger partial charge on any atom is 0.366 e. The van der Waals surface area contributed by atoms with Gasteiger partial charge in [-0.15, -0.1) is 0 Å². The molecule has 0 aromatic heterocycles. The van der Waals surface area contributed by atoms with Gasteiger partial charge in [0.25, 0.3) is 5.79 Å². The van der Waals surface area contributed by atoms with Crippen LogP contribution < -0.4 is 0 Å². The summed E-state index contributed by atoms with van der Waals surface area (Å²) >= 11 is 0. The molecule has 6 atom stereocenters. The van der Waals surface area contributed by atoms with E-state index in [0.29, 0.717) is 32.3 Å². The van der Waals surface area contributed by atoms with Crippen LogP contribution in [0.4, 0.5) is 0 Å². The van der Waals surface area contributed by atoms with Crippen molar-refractivity contribution in [1.82, 2.24) is 0 Å². The molecule has 4 saturated heterocycles. The van der Waals surface area contributed by atoms with Gasteiger partial charge in [0, 0.05) is 19.3 Å². The number of aliphatic hydroxyl groups is 1. The van der Waals surface area contributed by atoms with E-state index in [2.05, 4.69) is 4.74 Å². The lowest BCUT2D eigenvalue weighted by atomic mass is 9.85. The monoisotopic (exact) mass is 386 g/mol. The molecule has 0 aliphatic carbocycles. The molecule has 9 heteroatoms. The quantitative estimate of drug-likeness (QED) is 0.533. The van der Waals surface area contributed by atoms with Crippen LogP contribution in [0.15, 0.2) is 0 Å². The summed E-state index contributed by atoms with van der Waals surface area (Å²) in [5.41, 5.74) is 0. The Morgan fingerprint density at radius 1 is 1.04 bits per heavy atom. The zero-order chi connectivity index (χ0) is 19.1. The first kappa shape index (κ1) is 19.2. The highest BCUT2D eigenvalue weighted by molar-refractivity contribution is 5.78. The Bertz CT molecular complexity index is 581. The average Bonchev–Trinajstić information content (AvgIpc) is 2.69. The Balaban J connectivity index is 1.68. The summed E-state index contributed by atoms with van der Waals surface area (Å²) in [7, 11) is 1.14. The van der Waals surface area contributed by atoms with Crippen LogP contribution in [0, 0.1) is 0 Å². The first-order chi connectivity index (χ1) is 13.0. The van der Waals surface area contributed by atoms with Gasteiger partial charge < -0.3 is 38.3 Å². The molecular formula is C18H26O9. The number of rotatable bonds is 2. The van der Waals surface area contributed by atoms with E-state index >= 15 is 0 Å². The zero-order valence-corrected chi connectivity index (χ0v) is 15.4. The smallest absolute Gasteiger partial charge is 0.366 e. The van der Waals surface area contributed by atoms with Crippen molar-refractivity contribution in [3.8, 4) is 0 Å². The topological polar surface area (TPSA) is 110 Å². The van der Waals surface area contributed by atoms with Gasteiger partial charge in [-0.2, -0.15) is 0 Å². The van der Waals surface area contributed by atoms with Gasteiger partial charge in [-0.3, -0.25) is 0 Å². The minimum Gasteiger partial charge on any atom is -0.465 e. The predicted octanol–water partition coefficient (Wildman–Crippen LogP) is 0.413. The van der Waals surface area contributed by atoms with Crippen LogP contribution >= 0.6 is 0 Å². The van der Waals surface area contributed by atoms with Crippen molar-refractivity contribution in [1.29, 1.82) is 0 Å². The van der Waals surface area contributed by atoms with E-state index in [0.717, 1.165) is 32.8 Å². The van der Waals surface area contributed by atoms with E-state index in [4.69, 9.17) is 23.7 Å². The van der Waals surface area contributed by atoms with Crippen molar-refractivity contribution in [2.75, 3.05) is 20.3 Å². The van der Waals surface area contributed by atoms with Crippen molar-refractivity contribution < 1.29 is 43.1 Å². The van der Waals surface area contributed by atoms with Crippen LogP contribution in [0.5, 0.6) is 0 Å². The van der Waals surface area contributed by atoms with Gasteiger partial charge in [0.05, 0.1) is 26.4 Å². The Kier molecular flexibility index (Phi) is 5.02. The van der Waals surface area contributed by atoms with Crippen molar-refractivity contribution in [2.24, 2.45) is 0 Å².